The average molecular weight is 407 g/mol. The van der Waals surface area contributed by atoms with Gasteiger partial charge in [-0.1, -0.05) is 0 Å². The Labute approximate surface area is 164 Å². The van der Waals surface area contributed by atoms with Gasteiger partial charge in [-0.3, -0.25) is 0 Å². The van der Waals surface area contributed by atoms with Crippen molar-refractivity contribution in [2.24, 2.45) is 0 Å². The van der Waals surface area contributed by atoms with Crippen LogP contribution in [0.1, 0.15) is 32.4 Å². The maximum Gasteiger partial charge on any atom is 0.339 e. The normalized spacial score (nSPS) is 16.3. The van der Waals surface area contributed by atoms with Crippen molar-refractivity contribution in [2.75, 3.05) is 13.1 Å². The molecule has 3 rings (SSSR count). The molecule has 1 aliphatic rings. The smallest absolute Gasteiger partial charge is 0.339 e. The third-order valence-electron chi connectivity index (χ3n) is 4.40. The molecular formula is C20H25NO6S. The van der Waals surface area contributed by atoms with Gasteiger partial charge in [0.15, 0.2) is 0 Å². The molecule has 1 aromatic carbocycles. The van der Waals surface area contributed by atoms with Gasteiger partial charge in [0.2, 0.25) is 10.0 Å². The second-order valence-corrected chi connectivity index (χ2v) is 9.02. The summed E-state index contributed by atoms with van der Waals surface area (Å²) in [5.74, 6) is 1.58. The number of piperidine rings is 1. The van der Waals surface area contributed by atoms with Crippen LogP contribution in [0.2, 0.25) is 0 Å². The first-order chi connectivity index (χ1) is 13.2. The van der Waals surface area contributed by atoms with Crippen molar-refractivity contribution in [3.05, 3.63) is 52.6 Å². The second kappa shape index (κ2) is 8.36. The molecule has 1 aliphatic heterocycles. The molecule has 0 spiro atoms. The van der Waals surface area contributed by atoms with E-state index in [9.17, 15) is 13.2 Å². The Balaban J connectivity index is 1.62. The van der Waals surface area contributed by atoms with Crippen molar-refractivity contribution in [3.63, 3.8) is 0 Å². The number of benzene rings is 1. The summed E-state index contributed by atoms with van der Waals surface area (Å²) < 4.78 is 43.5. The minimum Gasteiger partial charge on any atom is -0.491 e. The Bertz CT molecular complexity index is 957. The van der Waals surface area contributed by atoms with Gasteiger partial charge in [-0.15, -0.1) is 0 Å². The zero-order valence-corrected chi connectivity index (χ0v) is 17.1. The summed E-state index contributed by atoms with van der Waals surface area (Å²) in [7, 11) is -3.56. The summed E-state index contributed by atoms with van der Waals surface area (Å²) in [5.41, 5.74) is -0.458. The van der Waals surface area contributed by atoms with Gasteiger partial charge in [-0.2, -0.15) is 4.31 Å². The molecule has 0 unspecified atom stereocenters. The first-order valence-corrected chi connectivity index (χ1v) is 10.7. The molecule has 0 atom stereocenters. The number of sulfonamides is 1. The lowest BCUT2D eigenvalue weighted by Crippen LogP contribution is -2.41. The van der Waals surface area contributed by atoms with Gasteiger partial charge in [-0.05, 0) is 57.9 Å². The molecule has 8 heteroatoms. The molecular weight excluding hydrogens is 382 g/mol. The topological polar surface area (TPSA) is 86.0 Å². The van der Waals surface area contributed by atoms with Crippen LogP contribution in [0.4, 0.5) is 0 Å². The first kappa shape index (κ1) is 20.4. The van der Waals surface area contributed by atoms with E-state index in [0.717, 1.165) is 0 Å². The molecule has 0 aliphatic carbocycles. The Kier molecular flexibility index (Phi) is 6.10. The maximum absolute atomic E-state index is 12.9. The standard InChI is InChI=1S/C20H25NO6S/c1-14(2)25-16-4-6-19(7-5-16)28(23,24)21-10-8-17(9-11-21)27-18-12-15(3)26-20(22)13-18/h4-7,12-14,17H,8-11H2,1-3H3. The second-order valence-electron chi connectivity index (χ2n) is 7.08. The number of ether oxygens (including phenoxy) is 2. The molecule has 1 saturated heterocycles. The number of hydrogen-bond acceptors (Lipinski definition) is 6. The third kappa shape index (κ3) is 4.94. The minimum absolute atomic E-state index is 0.0289. The quantitative estimate of drug-likeness (QED) is 0.732. The van der Waals surface area contributed by atoms with Crippen molar-refractivity contribution >= 4 is 10.0 Å². The van der Waals surface area contributed by atoms with E-state index in [4.69, 9.17) is 13.9 Å². The Morgan fingerprint density at radius 2 is 1.71 bits per heavy atom. The van der Waals surface area contributed by atoms with Crippen LogP contribution < -0.4 is 15.1 Å². The van der Waals surface area contributed by atoms with Gasteiger partial charge in [0, 0.05) is 19.2 Å². The van der Waals surface area contributed by atoms with E-state index < -0.39 is 15.6 Å². The minimum atomic E-state index is -3.56. The van der Waals surface area contributed by atoms with Crippen LogP contribution in [0.3, 0.4) is 0 Å². The van der Waals surface area contributed by atoms with Gasteiger partial charge in [0.25, 0.3) is 0 Å². The summed E-state index contributed by atoms with van der Waals surface area (Å²) in [4.78, 5) is 11.7. The summed E-state index contributed by atoms with van der Waals surface area (Å²) >= 11 is 0. The van der Waals surface area contributed by atoms with Crippen molar-refractivity contribution in [3.8, 4) is 11.5 Å². The number of rotatable bonds is 6. The summed E-state index contributed by atoms with van der Waals surface area (Å²) in [6, 6.07) is 9.45. The van der Waals surface area contributed by atoms with Crippen LogP contribution in [-0.4, -0.2) is 38.0 Å². The molecule has 0 amide bonds. The fourth-order valence-corrected chi connectivity index (χ4v) is 4.61. The van der Waals surface area contributed by atoms with Gasteiger partial charge < -0.3 is 13.9 Å². The lowest BCUT2D eigenvalue weighted by Gasteiger charge is -2.31. The molecule has 0 saturated carbocycles. The number of hydrogen-bond donors (Lipinski definition) is 0. The monoisotopic (exact) mass is 407 g/mol. The van der Waals surface area contributed by atoms with E-state index in [0.29, 0.717) is 43.2 Å². The van der Waals surface area contributed by atoms with Crippen molar-refractivity contribution < 1.29 is 22.3 Å². The fourth-order valence-electron chi connectivity index (χ4n) is 3.14. The van der Waals surface area contributed by atoms with E-state index in [2.05, 4.69) is 0 Å². The molecule has 0 radical (unpaired) electrons. The molecule has 2 aromatic rings. The SMILES string of the molecule is Cc1cc(OC2CCN(S(=O)(=O)c3ccc(OC(C)C)cc3)CC2)cc(=O)o1. The van der Waals surface area contributed by atoms with Crippen LogP contribution in [0.5, 0.6) is 11.5 Å². The van der Waals surface area contributed by atoms with Gasteiger partial charge in [-0.25, -0.2) is 13.2 Å². The van der Waals surface area contributed by atoms with E-state index >= 15 is 0 Å². The Morgan fingerprint density at radius 1 is 1.07 bits per heavy atom. The molecule has 1 fully saturated rings. The van der Waals surface area contributed by atoms with Gasteiger partial charge >= 0.3 is 5.63 Å². The van der Waals surface area contributed by atoms with E-state index in [1.807, 2.05) is 13.8 Å². The molecule has 7 nitrogen and oxygen atoms in total. The van der Waals surface area contributed by atoms with Crippen molar-refractivity contribution in [1.82, 2.24) is 4.31 Å². The van der Waals surface area contributed by atoms with E-state index in [-0.39, 0.29) is 17.1 Å². The lowest BCUT2D eigenvalue weighted by molar-refractivity contribution is 0.134. The maximum atomic E-state index is 12.9. The van der Waals surface area contributed by atoms with Gasteiger partial charge in [0.1, 0.15) is 23.4 Å². The average Bonchev–Trinajstić information content (AvgIpc) is 2.61. The lowest BCUT2D eigenvalue weighted by atomic mass is 10.1. The highest BCUT2D eigenvalue weighted by Crippen LogP contribution is 2.25. The zero-order valence-electron chi connectivity index (χ0n) is 16.3. The molecule has 2 heterocycles. The Hall–Kier alpha value is -2.32. The third-order valence-corrected chi connectivity index (χ3v) is 6.32. The van der Waals surface area contributed by atoms with E-state index in [1.165, 1.54) is 10.4 Å². The van der Waals surface area contributed by atoms with Crippen molar-refractivity contribution in [2.45, 2.75) is 50.7 Å². The predicted octanol–water partition coefficient (Wildman–Crippen LogP) is 2.97. The first-order valence-electron chi connectivity index (χ1n) is 9.29. The highest BCUT2D eigenvalue weighted by Gasteiger charge is 2.30. The number of aryl methyl sites for hydroxylation is 1. The van der Waals surface area contributed by atoms with Crippen LogP contribution in [-0.2, 0) is 10.0 Å². The van der Waals surface area contributed by atoms with Gasteiger partial charge in [0.05, 0.1) is 17.1 Å². The molecule has 152 valence electrons. The molecule has 1 aromatic heterocycles. The zero-order chi connectivity index (χ0) is 20.3. The van der Waals surface area contributed by atoms with Crippen LogP contribution in [0.15, 0.2) is 50.5 Å². The largest absolute Gasteiger partial charge is 0.491 e. The van der Waals surface area contributed by atoms with Crippen LogP contribution in [0, 0.1) is 6.92 Å². The molecule has 28 heavy (non-hydrogen) atoms. The number of nitrogens with zero attached hydrogens (tertiary/aromatic N) is 1. The van der Waals surface area contributed by atoms with Crippen molar-refractivity contribution in [1.29, 1.82) is 0 Å². The summed E-state index contributed by atoms with van der Waals surface area (Å²) in [6.45, 7) is 6.23. The predicted molar refractivity (Wildman–Crippen MR) is 104 cm³/mol. The summed E-state index contributed by atoms with van der Waals surface area (Å²) in [5, 5.41) is 0. The van der Waals surface area contributed by atoms with E-state index in [1.54, 1.807) is 37.3 Å². The summed E-state index contributed by atoms with van der Waals surface area (Å²) in [6.07, 6.45) is 0.982. The molecule has 0 bridgehead atoms. The van der Waals surface area contributed by atoms with Crippen LogP contribution in [0.25, 0.3) is 0 Å². The molecule has 0 N–H and O–H groups in total. The highest BCUT2D eigenvalue weighted by molar-refractivity contribution is 7.89. The van der Waals surface area contributed by atoms with Crippen LogP contribution >= 0.6 is 0 Å². The Morgan fingerprint density at radius 3 is 2.29 bits per heavy atom. The highest BCUT2D eigenvalue weighted by atomic mass is 32.2. The fraction of sp³-hybridized carbons (Fsp3) is 0.450.